The minimum absolute atomic E-state index is 0.228. The van der Waals surface area contributed by atoms with Gasteiger partial charge in [0, 0.05) is 11.8 Å². The Bertz CT molecular complexity index is 437. The molecule has 8 heteroatoms. The molecule has 1 aromatic rings. The number of ether oxygens (including phenoxy) is 1. The zero-order valence-electron chi connectivity index (χ0n) is 8.58. The van der Waals surface area contributed by atoms with E-state index in [4.69, 9.17) is 17.3 Å². The van der Waals surface area contributed by atoms with Crippen molar-refractivity contribution >= 4 is 17.6 Å². The van der Waals surface area contributed by atoms with Crippen LogP contribution in [0, 0.1) is 0 Å². The van der Waals surface area contributed by atoms with Crippen LogP contribution in [0.5, 0.6) is 0 Å². The van der Waals surface area contributed by atoms with Gasteiger partial charge in [-0.15, -0.1) is 0 Å². The lowest BCUT2D eigenvalue weighted by atomic mass is 10.1. The Hall–Kier alpha value is -1.34. The molecular weight excluding hydrogens is 261 g/mol. The average Bonchev–Trinajstić information content (AvgIpc) is 2.26. The molecule has 0 saturated carbocycles. The highest BCUT2D eigenvalue weighted by Gasteiger charge is 2.33. The zero-order chi connectivity index (χ0) is 13.2. The number of methoxy groups -OCH3 is 1. The number of nitrogens with two attached hydrogens (primary N) is 1. The third-order valence-corrected chi connectivity index (χ3v) is 2.30. The number of alkyl halides is 3. The van der Waals surface area contributed by atoms with Crippen molar-refractivity contribution in [2.24, 2.45) is 5.73 Å². The first-order valence-electron chi connectivity index (χ1n) is 4.33. The second-order valence-electron chi connectivity index (χ2n) is 3.10. The highest BCUT2D eigenvalue weighted by Crippen LogP contribution is 2.32. The van der Waals surface area contributed by atoms with Crippen LogP contribution >= 0.6 is 11.6 Å². The molecule has 0 saturated heterocycles. The van der Waals surface area contributed by atoms with Crippen molar-refractivity contribution in [1.82, 2.24) is 4.98 Å². The normalized spacial score (nSPS) is 13.3. The standard InChI is InChI=1S/C9H8ClF3N2O2/c1-17-8(16)6(14)5-2-4(9(11,12)13)3-15-7(5)10/h2-3,6H,14H2,1H3. The molecule has 0 amide bonds. The lowest BCUT2D eigenvalue weighted by Crippen LogP contribution is -2.24. The summed E-state index contributed by atoms with van der Waals surface area (Å²) in [5.41, 5.74) is 4.14. The Morgan fingerprint density at radius 3 is 2.65 bits per heavy atom. The van der Waals surface area contributed by atoms with Gasteiger partial charge in [-0.25, -0.2) is 4.98 Å². The van der Waals surface area contributed by atoms with Gasteiger partial charge < -0.3 is 10.5 Å². The number of carbonyl (C=O) groups is 1. The maximum absolute atomic E-state index is 12.4. The molecule has 4 nitrogen and oxygen atoms in total. The summed E-state index contributed by atoms with van der Waals surface area (Å²) in [6, 6.07) is -0.723. The van der Waals surface area contributed by atoms with Crippen LogP contribution in [-0.4, -0.2) is 18.1 Å². The lowest BCUT2D eigenvalue weighted by molar-refractivity contribution is -0.143. The van der Waals surface area contributed by atoms with Crippen molar-refractivity contribution in [3.8, 4) is 0 Å². The molecule has 0 radical (unpaired) electrons. The quantitative estimate of drug-likeness (QED) is 0.657. The fourth-order valence-corrected chi connectivity index (χ4v) is 1.31. The van der Waals surface area contributed by atoms with Gasteiger partial charge in [-0.05, 0) is 6.07 Å². The predicted octanol–water partition coefficient (Wildman–Crippen LogP) is 1.93. The maximum Gasteiger partial charge on any atom is 0.417 e. The lowest BCUT2D eigenvalue weighted by Gasteiger charge is -2.13. The summed E-state index contributed by atoms with van der Waals surface area (Å²) in [6.45, 7) is 0. The Balaban J connectivity index is 3.20. The number of halogens is 4. The fraction of sp³-hybridized carbons (Fsp3) is 0.333. The van der Waals surface area contributed by atoms with Crippen LogP contribution in [0.2, 0.25) is 5.15 Å². The van der Waals surface area contributed by atoms with Gasteiger partial charge in [-0.3, -0.25) is 4.79 Å². The number of rotatable bonds is 2. The fourth-order valence-electron chi connectivity index (χ4n) is 1.09. The molecule has 1 rings (SSSR count). The average molecular weight is 269 g/mol. The van der Waals surface area contributed by atoms with Gasteiger partial charge in [0.25, 0.3) is 0 Å². The molecule has 0 aliphatic carbocycles. The number of pyridine rings is 1. The molecule has 17 heavy (non-hydrogen) atoms. The van der Waals surface area contributed by atoms with E-state index in [2.05, 4.69) is 9.72 Å². The molecule has 0 bridgehead atoms. The van der Waals surface area contributed by atoms with Crippen molar-refractivity contribution in [1.29, 1.82) is 0 Å². The minimum Gasteiger partial charge on any atom is -0.468 e. The van der Waals surface area contributed by atoms with Crippen molar-refractivity contribution < 1.29 is 22.7 Å². The van der Waals surface area contributed by atoms with E-state index in [1.807, 2.05) is 0 Å². The molecule has 2 N–H and O–H groups in total. The number of aromatic nitrogens is 1. The van der Waals surface area contributed by atoms with E-state index in [1.165, 1.54) is 0 Å². The van der Waals surface area contributed by atoms with E-state index in [0.29, 0.717) is 12.3 Å². The van der Waals surface area contributed by atoms with Gasteiger partial charge in [0.2, 0.25) is 0 Å². The Morgan fingerprint density at radius 1 is 1.59 bits per heavy atom. The second kappa shape index (κ2) is 4.89. The second-order valence-corrected chi connectivity index (χ2v) is 3.46. The summed E-state index contributed by atoms with van der Waals surface area (Å²) in [6.07, 6.45) is -4.02. The topological polar surface area (TPSA) is 65.2 Å². The zero-order valence-corrected chi connectivity index (χ0v) is 9.34. The predicted molar refractivity (Wildman–Crippen MR) is 53.2 cm³/mol. The van der Waals surface area contributed by atoms with Crippen molar-refractivity contribution in [2.75, 3.05) is 7.11 Å². The van der Waals surface area contributed by atoms with Crippen molar-refractivity contribution in [2.45, 2.75) is 12.2 Å². The SMILES string of the molecule is COC(=O)C(N)c1cc(C(F)(F)F)cnc1Cl. The summed E-state index contributed by atoms with van der Waals surface area (Å²) < 4.78 is 41.5. The van der Waals surface area contributed by atoms with Crippen LogP contribution in [-0.2, 0) is 15.7 Å². The number of nitrogens with zero attached hydrogens (tertiary/aromatic N) is 1. The number of hydrogen-bond donors (Lipinski definition) is 1. The van der Waals surface area contributed by atoms with Gasteiger partial charge >= 0.3 is 12.1 Å². The summed E-state index contributed by atoms with van der Waals surface area (Å²) in [7, 11) is 1.07. The first-order valence-corrected chi connectivity index (χ1v) is 4.71. The summed E-state index contributed by atoms with van der Waals surface area (Å²) in [5.74, 6) is -0.895. The van der Waals surface area contributed by atoms with Crippen LogP contribution in [0.1, 0.15) is 17.2 Å². The molecular formula is C9H8ClF3N2O2. The number of hydrogen-bond acceptors (Lipinski definition) is 4. The highest BCUT2D eigenvalue weighted by atomic mass is 35.5. The van der Waals surface area contributed by atoms with E-state index < -0.39 is 23.8 Å². The monoisotopic (exact) mass is 268 g/mol. The van der Waals surface area contributed by atoms with Crippen LogP contribution in [0.4, 0.5) is 13.2 Å². The van der Waals surface area contributed by atoms with E-state index in [1.54, 1.807) is 0 Å². The summed E-state index contributed by atoms with van der Waals surface area (Å²) in [5, 5.41) is -0.268. The van der Waals surface area contributed by atoms with Crippen LogP contribution in [0.25, 0.3) is 0 Å². The van der Waals surface area contributed by atoms with Gasteiger partial charge in [0.05, 0.1) is 12.7 Å². The third-order valence-electron chi connectivity index (χ3n) is 1.98. The minimum atomic E-state index is -4.58. The summed E-state index contributed by atoms with van der Waals surface area (Å²) in [4.78, 5) is 14.5. The third kappa shape index (κ3) is 3.07. The van der Waals surface area contributed by atoms with Crippen LogP contribution in [0.15, 0.2) is 12.3 Å². The number of esters is 1. The van der Waals surface area contributed by atoms with Gasteiger partial charge in [-0.2, -0.15) is 13.2 Å². The molecule has 0 spiro atoms. The highest BCUT2D eigenvalue weighted by molar-refractivity contribution is 6.30. The summed E-state index contributed by atoms with van der Waals surface area (Å²) >= 11 is 5.58. The molecule has 94 valence electrons. The van der Waals surface area contributed by atoms with E-state index in [0.717, 1.165) is 7.11 Å². The van der Waals surface area contributed by atoms with Crippen molar-refractivity contribution in [3.63, 3.8) is 0 Å². The molecule has 0 aliphatic rings. The van der Waals surface area contributed by atoms with Gasteiger partial charge in [0.15, 0.2) is 0 Å². The van der Waals surface area contributed by atoms with E-state index in [9.17, 15) is 18.0 Å². The Morgan fingerprint density at radius 2 is 2.18 bits per heavy atom. The molecule has 1 heterocycles. The van der Waals surface area contributed by atoms with Crippen LogP contribution < -0.4 is 5.73 Å². The molecule has 1 aromatic heterocycles. The first kappa shape index (κ1) is 13.7. The molecule has 0 aliphatic heterocycles. The molecule has 0 aromatic carbocycles. The Kier molecular flexibility index (Phi) is 3.94. The molecule has 1 unspecified atom stereocenters. The van der Waals surface area contributed by atoms with Gasteiger partial charge in [0.1, 0.15) is 11.2 Å². The van der Waals surface area contributed by atoms with E-state index >= 15 is 0 Å². The first-order chi connectivity index (χ1) is 7.77. The largest absolute Gasteiger partial charge is 0.468 e. The van der Waals surface area contributed by atoms with Gasteiger partial charge in [-0.1, -0.05) is 11.6 Å². The Labute approximate surface area is 99.5 Å². The maximum atomic E-state index is 12.4. The van der Waals surface area contributed by atoms with Crippen LogP contribution in [0.3, 0.4) is 0 Å². The molecule has 0 fully saturated rings. The van der Waals surface area contributed by atoms with Crippen molar-refractivity contribution in [3.05, 3.63) is 28.5 Å². The molecule has 1 atom stereocenters. The smallest absolute Gasteiger partial charge is 0.417 e. The van der Waals surface area contributed by atoms with E-state index in [-0.39, 0.29) is 10.7 Å². The number of carbonyl (C=O) groups excluding carboxylic acids is 1.